The molecule has 1 saturated carbocycles. The first-order valence-corrected chi connectivity index (χ1v) is 11.4. The van der Waals surface area contributed by atoms with E-state index < -0.39 is 29.3 Å². The van der Waals surface area contributed by atoms with Crippen LogP contribution in [0.3, 0.4) is 0 Å². The van der Waals surface area contributed by atoms with Crippen LogP contribution in [0.1, 0.15) is 56.9 Å². The molecule has 0 atom stereocenters. The van der Waals surface area contributed by atoms with Crippen LogP contribution >= 0.6 is 0 Å². The number of hydrogen-bond acceptors (Lipinski definition) is 2. The van der Waals surface area contributed by atoms with E-state index in [1.54, 1.807) is 0 Å². The Bertz CT molecular complexity index is 996. The van der Waals surface area contributed by atoms with Gasteiger partial charge in [0.2, 0.25) is 5.91 Å². The number of halogens is 7. The number of carbonyl (C=O) groups is 1. The van der Waals surface area contributed by atoms with E-state index in [1.807, 2.05) is 0 Å². The third-order valence-electron chi connectivity index (χ3n) is 6.43. The van der Waals surface area contributed by atoms with Gasteiger partial charge in [0, 0.05) is 23.2 Å². The summed E-state index contributed by atoms with van der Waals surface area (Å²) in [5, 5.41) is 12.2. The minimum atomic E-state index is -6.10. The maximum absolute atomic E-state index is 14.5. The molecule has 1 fully saturated rings. The molecule has 0 aromatic heterocycles. The average molecular weight is 505 g/mol. The van der Waals surface area contributed by atoms with E-state index in [-0.39, 0.29) is 23.1 Å². The van der Waals surface area contributed by atoms with Gasteiger partial charge in [0.05, 0.1) is 0 Å². The topological polar surface area (TPSA) is 49.3 Å². The van der Waals surface area contributed by atoms with Gasteiger partial charge in [0.1, 0.15) is 5.82 Å². The molecule has 1 aliphatic carbocycles. The summed E-state index contributed by atoms with van der Waals surface area (Å²) in [6.07, 6.45) is -3.94. The van der Waals surface area contributed by atoms with Gasteiger partial charge in [0.25, 0.3) is 5.60 Å². The second-order valence-electron chi connectivity index (χ2n) is 8.92. The standard InChI is InChI=1S/C25H26F7NO2/c26-21-15-18(23(35,24(27,28)29)25(30,31)32)11-14-20(21)17-9-12-19(13-10-17)33-22(34)8-4-7-16-5-2-1-3-6-16/h9-16,35H,1-8H2,(H,33,34). The van der Waals surface area contributed by atoms with Crippen LogP contribution in [0.5, 0.6) is 0 Å². The predicted octanol–water partition coefficient (Wildman–Crippen LogP) is 7.49. The lowest BCUT2D eigenvalue weighted by molar-refractivity contribution is -0.376. The van der Waals surface area contributed by atoms with Crippen molar-refractivity contribution in [1.29, 1.82) is 0 Å². The minimum Gasteiger partial charge on any atom is -0.369 e. The highest BCUT2D eigenvalue weighted by Crippen LogP contribution is 2.50. The summed E-state index contributed by atoms with van der Waals surface area (Å²) in [7, 11) is 0. The molecule has 192 valence electrons. The van der Waals surface area contributed by atoms with Gasteiger partial charge in [-0.3, -0.25) is 4.79 Å². The van der Waals surface area contributed by atoms with Gasteiger partial charge >= 0.3 is 12.4 Å². The van der Waals surface area contributed by atoms with Crippen molar-refractivity contribution in [1.82, 2.24) is 0 Å². The van der Waals surface area contributed by atoms with Crippen molar-refractivity contribution < 1.29 is 40.6 Å². The van der Waals surface area contributed by atoms with Crippen molar-refractivity contribution in [3.63, 3.8) is 0 Å². The monoisotopic (exact) mass is 505 g/mol. The zero-order chi connectivity index (χ0) is 25.9. The van der Waals surface area contributed by atoms with Crippen molar-refractivity contribution in [2.45, 2.75) is 69.3 Å². The van der Waals surface area contributed by atoms with Crippen LogP contribution in [-0.4, -0.2) is 23.4 Å². The quantitative estimate of drug-likeness (QED) is 0.383. The maximum Gasteiger partial charge on any atom is 0.430 e. The van der Waals surface area contributed by atoms with Gasteiger partial charge in [-0.2, -0.15) is 26.3 Å². The molecule has 2 N–H and O–H groups in total. The molecule has 0 radical (unpaired) electrons. The first-order chi connectivity index (χ1) is 16.3. The number of aliphatic hydroxyl groups is 1. The average Bonchev–Trinajstić information content (AvgIpc) is 2.78. The number of carbonyl (C=O) groups excluding carboxylic acids is 1. The van der Waals surface area contributed by atoms with Crippen LogP contribution < -0.4 is 5.32 Å². The largest absolute Gasteiger partial charge is 0.430 e. The molecule has 3 rings (SSSR count). The van der Waals surface area contributed by atoms with Crippen LogP contribution in [-0.2, 0) is 10.4 Å². The van der Waals surface area contributed by atoms with Gasteiger partial charge in [0.15, 0.2) is 0 Å². The fourth-order valence-electron chi connectivity index (χ4n) is 4.45. The second-order valence-corrected chi connectivity index (χ2v) is 8.92. The number of anilines is 1. The van der Waals surface area contributed by atoms with Gasteiger partial charge in [-0.25, -0.2) is 4.39 Å². The smallest absolute Gasteiger partial charge is 0.369 e. The number of benzene rings is 2. The van der Waals surface area contributed by atoms with Crippen molar-refractivity contribution in [3.8, 4) is 11.1 Å². The van der Waals surface area contributed by atoms with E-state index in [1.165, 1.54) is 56.4 Å². The maximum atomic E-state index is 14.5. The van der Waals surface area contributed by atoms with Crippen molar-refractivity contribution >= 4 is 11.6 Å². The van der Waals surface area contributed by atoms with Crippen LogP contribution in [0.4, 0.5) is 36.4 Å². The molecule has 35 heavy (non-hydrogen) atoms. The minimum absolute atomic E-state index is 0.0261. The molecule has 3 nitrogen and oxygen atoms in total. The Balaban J connectivity index is 1.66. The van der Waals surface area contributed by atoms with E-state index >= 15 is 0 Å². The normalized spacial score (nSPS) is 15.8. The highest BCUT2D eigenvalue weighted by molar-refractivity contribution is 5.91. The molecule has 0 spiro atoms. The summed E-state index contributed by atoms with van der Waals surface area (Å²) in [4.78, 5) is 12.2. The van der Waals surface area contributed by atoms with E-state index in [0.717, 1.165) is 18.9 Å². The summed E-state index contributed by atoms with van der Waals surface area (Å²) >= 11 is 0. The van der Waals surface area contributed by atoms with Crippen LogP contribution in [0.2, 0.25) is 0 Å². The fraction of sp³-hybridized carbons (Fsp3) is 0.480. The number of alkyl halides is 6. The van der Waals surface area contributed by atoms with Crippen molar-refractivity contribution in [3.05, 3.63) is 53.8 Å². The summed E-state index contributed by atoms with van der Waals surface area (Å²) in [5.41, 5.74) is -6.53. The van der Waals surface area contributed by atoms with E-state index in [4.69, 9.17) is 0 Å². The lowest BCUT2D eigenvalue weighted by atomic mass is 9.86. The van der Waals surface area contributed by atoms with Crippen LogP contribution in [0.25, 0.3) is 11.1 Å². The van der Waals surface area contributed by atoms with Gasteiger partial charge in [-0.05, 0) is 42.5 Å². The Morgan fingerprint density at radius 3 is 2.06 bits per heavy atom. The van der Waals surface area contributed by atoms with E-state index in [2.05, 4.69) is 5.32 Å². The molecule has 0 bridgehead atoms. The molecule has 2 aromatic carbocycles. The van der Waals surface area contributed by atoms with Gasteiger partial charge in [-0.1, -0.05) is 56.4 Å². The molecular formula is C25H26F7NO2. The summed E-state index contributed by atoms with van der Waals surface area (Å²) in [6, 6.07) is 6.85. The van der Waals surface area contributed by atoms with Crippen LogP contribution in [0.15, 0.2) is 42.5 Å². The van der Waals surface area contributed by atoms with Crippen LogP contribution in [0, 0.1) is 11.7 Å². The number of hydrogen-bond donors (Lipinski definition) is 2. The predicted molar refractivity (Wildman–Crippen MR) is 117 cm³/mol. The Kier molecular flexibility index (Phi) is 8.14. The van der Waals surface area contributed by atoms with Gasteiger partial charge in [-0.15, -0.1) is 0 Å². The molecule has 2 aromatic rings. The van der Waals surface area contributed by atoms with Crippen molar-refractivity contribution in [2.24, 2.45) is 5.92 Å². The Hall–Kier alpha value is -2.62. The SMILES string of the molecule is O=C(CCCC1CCCCC1)Nc1ccc(-c2ccc(C(O)(C(F)(F)F)C(F)(F)F)cc2F)cc1. The molecule has 0 heterocycles. The Morgan fingerprint density at radius 1 is 0.914 bits per heavy atom. The third-order valence-corrected chi connectivity index (χ3v) is 6.43. The molecule has 0 unspecified atom stereocenters. The molecule has 0 saturated heterocycles. The van der Waals surface area contributed by atoms with E-state index in [9.17, 15) is 40.6 Å². The third kappa shape index (κ3) is 6.15. The first-order valence-electron chi connectivity index (χ1n) is 11.4. The number of amides is 1. The van der Waals surface area contributed by atoms with Crippen molar-refractivity contribution in [2.75, 3.05) is 5.32 Å². The number of rotatable bonds is 7. The second kappa shape index (κ2) is 10.6. The van der Waals surface area contributed by atoms with Gasteiger partial charge < -0.3 is 10.4 Å². The summed E-state index contributed by atoms with van der Waals surface area (Å²) in [5.74, 6) is -0.878. The lowest BCUT2D eigenvalue weighted by Crippen LogP contribution is -2.53. The molecule has 1 amide bonds. The lowest BCUT2D eigenvalue weighted by Gasteiger charge is -2.32. The summed E-state index contributed by atoms with van der Waals surface area (Å²) < 4.78 is 92.7. The Labute approximate surface area is 198 Å². The number of nitrogens with one attached hydrogen (secondary N) is 1. The molecule has 10 heteroatoms. The van der Waals surface area contributed by atoms with E-state index in [0.29, 0.717) is 24.1 Å². The zero-order valence-electron chi connectivity index (χ0n) is 18.8. The zero-order valence-corrected chi connectivity index (χ0v) is 18.8. The molecule has 1 aliphatic rings. The highest BCUT2D eigenvalue weighted by atomic mass is 19.4. The highest BCUT2D eigenvalue weighted by Gasteiger charge is 2.71. The molecule has 0 aliphatic heterocycles. The Morgan fingerprint density at radius 2 is 1.51 bits per heavy atom. The first kappa shape index (κ1) is 27.0. The molecular weight excluding hydrogens is 479 g/mol. The summed E-state index contributed by atoms with van der Waals surface area (Å²) in [6.45, 7) is 0. The fourth-order valence-corrected chi connectivity index (χ4v) is 4.45.